The van der Waals surface area contributed by atoms with Crippen LogP contribution in [0.3, 0.4) is 0 Å². The second-order valence-corrected chi connectivity index (χ2v) is 4.58. The molecule has 20 heavy (non-hydrogen) atoms. The Hall–Kier alpha value is -2.76. The van der Waals surface area contributed by atoms with Crippen molar-refractivity contribution in [2.45, 2.75) is 13.8 Å². The third-order valence-electron chi connectivity index (χ3n) is 3.17. The zero-order chi connectivity index (χ0) is 14.3. The Morgan fingerprint density at radius 2 is 2.05 bits per heavy atom. The molecule has 0 amide bonds. The molecule has 6 heteroatoms. The number of pyridine rings is 1. The van der Waals surface area contributed by atoms with Gasteiger partial charge in [-0.15, -0.1) is 0 Å². The highest BCUT2D eigenvalue weighted by atomic mass is 16.6. The van der Waals surface area contributed by atoms with Crippen LogP contribution in [0.1, 0.15) is 11.4 Å². The van der Waals surface area contributed by atoms with Gasteiger partial charge in [0.25, 0.3) is 5.69 Å². The Balaban J connectivity index is 2.33. The summed E-state index contributed by atoms with van der Waals surface area (Å²) < 4.78 is 5.19. The van der Waals surface area contributed by atoms with Crippen molar-refractivity contribution in [1.82, 2.24) is 10.1 Å². The zero-order valence-electron chi connectivity index (χ0n) is 11.0. The summed E-state index contributed by atoms with van der Waals surface area (Å²) in [6.45, 7) is 3.60. The molecule has 1 aromatic carbocycles. The van der Waals surface area contributed by atoms with Crippen molar-refractivity contribution in [2.75, 3.05) is 0 Å². The lowest BCUT2D eigenvalue weighted by atomic mass is 10.0. The monoisotopic (exact) mass is 269 g/mol. The number of nitro groups is 1. The molecule has 0 saturated heterocycles. The van der Waals surface area contributed by atoms with Gasteiger partial charge < -0.3 is 4.52 Å². The van der Waals surface area contributed by atoms with E-state index in [1.807, 2.05) is 6.92 Å². The molecule has 2 heterocycles. The van der Waals surface area contributed by atoms with Crippen LogP contribution in [0.15, 0.2) is 35.0 Å². The van der Waals surface area contributed by atoms with Gasteiger partial charge in [0, 0.05) is 18.0 Å². The Morgan fingerprint density at radius 3 is 2.75 bits per heavy atom. The molecule has 2 aromatic heterocycles. The first-order chi connectivity index (χ1) is 9.56. The van der Waals surface area contributed by atoms with Crippen LogP contribution >= 0.6 is 0 Å². The molecule has 3 rings (SSSR count). The average molecular weight is 269 g/mol. The molecule has 0 radical (unpaired) electrons. The smallest absolute Gasteiger partial charge is 0.278 e. The van der Waals surface area contributed by atoms with Crippen LogP contribution in [-0.4, -0.2) is 15.1 Å². The molecule has 0 unspecified atom stereocenters. The lowest BCUT2D eigenvalue weighted by Gasteiger charge is -2.04. The average Bonchev–Trinajstić information content (AvgIpc) is 2.78. The van der Waals surface area contributed by atoms with E-state index >= 15 is 0 Å². The van der Waals surface area contributed by atoms with E-state index in [0.717, 1.165) is 11.3 Å². The van der Waals surface area contributed by atoms with E-state index in [9.17, 15) is 10.1 Å². The molecule has 100 valence electrons. The van der Waals surface area contributed by atoms with E-state index in [4.69, 9.17) is 4.52 Å². The Bertz CT molecular complexity index is 824. The van der Waals surface area contributed by atoms with Crippen LogP contribution in [0.4, 0.5) is 5.69 Å². The summed E-state index contributed by atoms with van der Waals surface area (Å²) in [7, 11) is 0. The van der Waals surface area contributed by atoms with E-state index in [0.29, 0.717) is 22.2 Å². The summed E-state index contributed by atoms with van der Waals surface area (Å²) in [6, 6.07) is 6.70. The molecule has 0 spiro atoms. The van der Waals surface area contributed by atoms with Crippen molar-refractivity contribution in [3.8, 4) is 11.1 Å². The highest BCUT2D eigenvalue weighted by molar-refractivity contribution is 5.90. The molecule has 0 fully saturated rings. The maximum Gasteiger partial charge on any atom is 0.278 e. The summed E-state index contributed by atoms with van der Waals surface area (Å²) in [4.78, 5) is 15.0. The fourth-order valence-electron chi connectivity index (χ4n) is 2.19. The number of rotatable bonds is 2. The molecule has 0 saturated carbocycles. The van der Waals surface area contributed by atoms with E-state index in [1.165, 1.54) is 6.07 Å². The maximum atomic E-state index is 11.3. The van der Waals surface area contributed by atoms with Gasteiger partial charge >= 0.3 is 0 Å². The Kier molecular flexibility index (Phi) is 2.71. The van der Waals surface area contributed by atoms with E-state index < -0.39 is 4.92 Å². The van der Waals surface area contributed by atoms with Crippen LogP contribution in [0.2, 0.25) is 0 Å². The van der Waals surface area contributed by atoms with Crippen molar-refractivity contribution in [3.63, 3.8) is 0 Å². The summed E-state index contributed by atoms with van der Waals surface area (Å²) in [6.07, 6.45) is 1.63. The van der Waals surface area contributed by atoms with Crippen LogP contribution in [0.25, 0.3) is 22.1 Å². The lowest BCUT2D eigenvalue weighted by molar-refractivity contribution is -0.384. The Morgan fingerprint density at radius 1 is 1.25 bits per heavy atom. The van der Waals surface area contributed by atoms with Crippen LogP contribution in [0, 0.1) is 24.0 Å². The van der Waals surface area contributed by atoms with Gasteiger partial charge in [-0.05, 0) is 37.6 Å². The molecule has 0 N–H and O–H groups in total. The van der Waals surface area contributed by atoms with Crippen molar-refractivity contribution in [3.05, 3.63) is 52.0 Å². The minimum absolute atomic E-state index is 0.0365. The second-order valence-electron chi connectivity index (χ2n) is 4.58. The van der Waals surface area contributed by atoms with Gasteiger partial charge in [0.2, 0.25) is 0 Å². The number of aromatic nitrogens is 2. The highest BCUT2D eigenvalue weighted by Crippen LogP contribution is 2.35. The first kappa shape index (κ1) is 12.3. The standard InChI is InChI=1S/C14H11N3O3/c1-8-5-10(3-4-15-8)12-7-14-11(9(2)16-20-14)6-13(12)17(18)19/h3-7H,1-2H3. The topological polar surface area (TPSA) is 82.1 Å². The summed E-state index contributed by atoms with van der Waals surface area (Å²) in [5, 5.41) is 15.8. The summed E-state index contributed by atoms with van der Waals surface area (Å²) in [5.74, 6) is 0. The number of aryl methyl sites for hydroxylation is 2. The van der Waals surface area contributed by atoms with Crippen molar-refractivity contribution < 1.29 is 9.45 Å². The Labute approximate surface area is 114 Å². The SMILES string of the molecule is Cc1cc(-c2cc3onc(C)c3cc2[N+](=O)[O-])ccn1. The van der Waals surface area contributed by atoms with E-state index in [1.54, 1.807) is 31.3 Å². The zero-order valence-corrected chi connectivity index (χ0v) is 11.0. The predicted octanol–water partition coefficient (Wildman–Crippen LogP) is 3.41. The lowest BCUT2D eigenvalue weighted by Crippen LogP contribution is -1.93. The molecule has 0 aliphatic rings. The summed E-state index contributed by atoms with van der Waals surface area (Å²) >= 11 is 0. The van der Waals surface area contributed by atoms with Crippen LogP contribution in [0.5, 0.6) is 0 Å². The first-order valence-electron chi connectivity index (χ1n) is 6.03. The van der Waals surface area contributed by atoms with Gasteiger partial charge in [-0.25, -0.2) is 0 Å². The van der Waals surface area contributed by atoms with E-state index in [2.05, 4.69) is 10.1 Å². The minimum Gasteiger partial charge on any atom is -0.356 e. The molecule has 6 nitrogen and oxygen atoms in total. The molecule has 3 aromatic rings. The van der Waals surface area contributed by atoms with Gasteiger partial charge in [0.15, 0.2) is 5.58 Å². The number of fused-ring (bicyclic) bond motifs is 1. The number of hydrogen-bond acceptors (Lipinski definition) is 5. The highest BCUT2D eigenvalue weighted by Gasteiger charge is 2.19. The van der Waals surface area contributed by atoms with Crippen molar-refractivity contribution in [1.29, 1.82) is 0 Å². The second kappa shape index (κ2) is 4.41. The molecular weight excluding hydrogens is 258 g/mol. The van der Waals surface area contributed by atoms with Crippen molar-refractivity contribution >= 4 is 16.7 Å². The molecule has 0 atom stereocenters. The van der Waals surface area contributed by atoms with Crippen molar-refractivity contribution in [2.24, 2.45) is 0 Å². The predicted molar refractivity (Wildman–Crippen MR) is 73.4 cm³/mol. The van der Waals surface area contributed by atoms with E-state index in [-0.39, 0.29) is 5.69 Å². The number of nitro benzene ring substituents is 1. The van der Waals surface area contributed by atoms with Gasteiger partial charge in [-0.2, -0.15) is 0 Å². The number of hydrogen-bond donors (Lipinski definition) is 0. The van der Waals surface area contributed by atoms with Gasteiger partial charge in [-0.3, -0.25) is 15.1 Å². The van der Waals surface area contributed by atoms with Crippen LogP contribution in [-0.2, 0) is 0 Å². The fraction of sp³-hybridized carbons (Fsp3) is 0.143. The number of benzene rings is 1. The molecule has 0 aliphatic carbocycles. The third-order valence-corrected chi connectivity index (χ3v) is 3.17. The molecular formula is C14H11N3O3. The quantitative estimate of drug-likeness (QED) is 0.526. The minimum atomic E-state index is -0.392. The van der Waals surface area contributed by atoms with Gasteiger partial charge in [0.1, 0.15) is 0 Å². The molecule has 0 aliphatic heterocycles. The van der Waals surface area contributed by atoms with Crippen LogP contribution < -0.4 is 0 Å². The van der Waals surface area contributed by atoms with Gasteiger partial charge in [0.05, 0.1) is 21.6 Å². The first-order valence-corrected chi connectivity index (χ1v) is 6.03. The normalized spacial score (nSPS) is 10.9. The number of nitrogens with zero attached hydrogens (tertiary/aromatic N) is 3. The molecule has 0 bridgehead atoms. The third kappa shape index (κ3) is 1.91. The largest absolute Gasteiger partial charge is 0.356 e. The fourth-order valence-corrected chi connectivity index (χ4v) is 2.19. The van der Waals surface area contributed by atoms with Gasteiger partial charge in [-0.1, -0.05) is 5.16 Å². The summed E-state index contributed by atoms with van der Waals surface area (Å²) in [5.41, 5.74) is 3.25. The maximum absolute atomic E-state index is 11.3.